The molecule has 3 aromatic carbocycles. The molecular formula is C24H25ClN2O4S. The molecule has 6 nitrogen and oxygen atoms in total. The van der Waals surface area contributed by atoms with Gasteiger partial charge < -0.3 is 10.1 Å². The van der Waals surface area contributed by atoms with Crippen molar-refractivity contribution in [2.24, 2.45) is 0 Å². The number of nitrogens with one attached hydrogen (secondary N) is 1. The monoisotopic (exact) mass is 472 g/mol. The van der Waals surface area contributed by atoms with Gasteiger partial charge in [0, 0.05) is 11.6 Å². The maximum Gasteiger partial charge on any atom is 0.243 e. The third-order valence-electron chi connectivity index (χ3n) is 4.89. The van der Waals surface area contributed by atoms with Crippen LogP contribution < -0.4 is 10.1 Å². The molecule has 0 spiro atoms. The number of rotatable bonds is 8. The van der Waals surface area contributed by atoms with Gasteiger partial charge in [-0.3, -0.25) is 4.79 Å². The zero-order chi connectivity index (χ0) is 23.3. The summed E-state index contributed by atoms with van der Waals surface area (Å²) < 4.78 is 33.2. The average molecular weight is 473 g/mol. The molecule has 0 radical (unpaired) electrons. The highest BCUT2D eigenvalue weighted by atomic mass is 35.5. The molecule has 3 rings (SSSR count). The van der Waals surface area contributed by atoms with E-state index >= 15 is 0 Å². The summed E-state index contributed by atoms with van der Waals surface area (Å²) in [6, 6.07) is 18.9. The molecule has 0 heterocycles. The first-order chi connectivity index (χ1) is 15.2. The summed E-state index contributed by atoms with van der Waals surface area (Å²) in [7, 11) is -2.45. The highest BCUT2D eigenvalue weighted by Crippen LogP contribution is 2.28. The Balaban J connectivity index is 1.89. The van der Waals surface area contributed by atoms with Crippen LogP contribution in [0.15, 0.2) is 71.6 Å². The summed E-state index contributed by atoms with van der Waals surface area (Å²) in [5.74, 6) is -0.0809. The minimum absolute atomic E-state index is 0.0522. The quantitative estimate of drug-likeness (QED) is 0.511. The van der Waals surface area contributed by atoms with Crippen molar-refractivity contribution in [2.75, 3.05) is 19.0 Å². The number of sulfonamides is 1. The van der Waals surface area contributed by atoms with E-state index in [0.717, 1.165) is 21.0 Å². The molecule has 1 amide bonds. The van der Waals surface area contributed by atoms with Crippen LogP contribution in [-0.2, 0) is 21.4 Å². The molecule has 0 aliphatic heterocycles. The Labute approximate surface area is 193 Å². The van der Waals surface area contributed by atoms with Crippen molar-refractivity contribution in [3.63, 3.8) is 0 Å². The van der Waals surface area contributed by atoms with Crippen LogP contribution in [0.1, 0.15) is 16.7 Å². The summed E-state index contributed by atoms with van der Waals surface area (Å²) in [4.78, 5) is 13.0. The molecule has 0 saturated heterocycles. The number of amides is 1. The fraction of sp³-hybridized carbons (Fsp3) is 0.208. The number of anilines is 1. The number of nitrogens with zero attached hydrogens (tertiary/aromatic N) is 1. The number of halogens is 1. The lowest BCUT2D eigenvalue weighted by atomic mass is 10.1. The molecule has 0 fully saturated rings. The van der Waals surface area contributed by atoms with Gasteiger partial charge in [0.05, 0.1) is 24.2 Å². The van der Waals surface area contributed by atoms with E-state index in [1.165, 1.54) is 7.11 Å². The van der Waals surface area contributed by atoms with Gasteiger partial charge in [-0.2, -0.15) is 4.31 Å². The molecule has 168 valence electrons. The Bertz CT molecular complexity index is 1190. The SMILES string of the molecule is COc1ccc(Cl)cc1NC(=O)CN(Cc1ccc(C)cc1)S(=O)(=O)c1ccc(C)cc1. The summed E-state index contributed by atoms with van der Waals surface area (Å²) >= 11 is 6.04. The fourth-order valence-corrected chi connectivity index (χ4v) is 4.67. The van der Waals surface area contributed by atoms with Crippen LogP contribution in [0, 0.1) is 13.8 Å². The van der Waals surface area contributed by atoms with Gasteiger partial charge >= 0.3 is 0 Å². The Hall–Kier alpha value is -2.87. The van der Waals surface area contributed by atoms with Crippen LogP contribution >= 0.6 is 11.6 Å². The van der Waals surface area contributed by atoms with Gasteiger partial charge in [-0.1, -0.05) is 59.1 Å². The highest BCUT2D eigenvalue weighted by molar-refractivity contribution is 7.89. The summed E-state index contributed by atoms with van der Waals surface area (Å²) in [5, 5.41) is 3.13. The van der Waals surface area contributed by atoms with Gasteiger partial charge in [0.25, 0.3) is 0 Å². The van der Waals surface area contributed by atoms with Crippen molar-refractivity contribution in [2.45, 2.75) is 25.3 Å². The minimum Gasteiger partial charge on any atom is -0.495 e. The second-order valence-corrected chi connectivity index (χ2v) is 9.84. The molecular weight excluding hydrogens is 448 g/mol. The highest BCUT2D eigenvalue weighted by Gasteiger charge is 2.27. The Morgan fingerprint density at radius 1 is 0.969 bits per heavy atom. The van der Waals surface area contributed by atoms with E-state index in [0.29, 0.717) is 16.5 Å². The maximum absolute atomic E-state index is 13.4. The molecule has 0 atom stereocenters. The lowest BCUT2D eigenvalue weighted by Gasteiger charge is -2.22. The van der Waals surface area contributed by atoms with Gasteiger partial charge in [0.1, 0.15) is 5.75 Å². The van der Waals surface area contributed by atoms with Gasteiger partial charge in [0.2, 0.25) is 15.9 Å². The van der Waals surface area contributed by atoms with E-state index in [1.54, 1.807) is 42.5 Å². The number of carbonyl (C=O) groups excluding carboxylic acids is 1. The Kier molecular flexibility index (Phi) is 7.56. The maximum atomic E-state index is 13.4. The number of methoxy groups -OCH3 is 1. The summed E-state index contributed by atoms with van der Waals surface area (Å²) in [5.41, 5.74) is 3.15. The van der Waals surface area contributed by atoms with Crippen LogP contribution in [0.2, 0.25) is 5.02 Å². The van der Waals surface area contributed by atoms with Crippen molar-refractivity contribution in [3.05, 3.63) is 88.4 Å². The van der Waals surface area contributed by atoms with Gasteiger partial charge in [-0.15, -0.1) is 0 Å². The molecule has 1 N–H and O–H groups in total. The van der Waals surface area contributed by atoms with E-state index in [2.05, 4.69) is 5.32 Å². The van der Waals surface area contributed by atoms with Crippen molar-refractivity contribution in [3.8, 4) is 5.75 Å². The predicted molar refractivity (Wildman–Crippen MR) is 127 cm³/mol. The first kappa shape index (κ1) is 23.8. The van der Waals surface area contributed by atoms with Gasteiger partial charge in [-0.05, 0) is 49.7 Å². The molecule has 0 aromatic heterocycles. The lowest BCUT2D eigenvalue weighted by Crippen LogP contribution is -2.37. The van der Waals surface area contributed by atoms with Crippen molar-refractivity contribution >= 4 is 33.2 Å². The molecule has 8 heteroatoms. The first-order valence-corrected chi connectivity index (χ1v) is 11.8. The normalized spacial score (nSPS) is 11.4. The number of hydrogen-bond acceptors (Lipinski definition) is 4. The molecule has 3 aromatic rings. The largest absolute Gasteiger partial charge is 0.495 e. The molecule has 0 aliphatic carbocycles. The van der Waals surface area contributed by atoms with Crippen LogP contribution in [-0.4, -0.2) is 32.3 Å². The molecule has 0 aliphatic rings. The zero-order valence-electron chi connectivity index (χ0n) is 18.1. The van der Waals surface area contributed by atoms with E-state index in [4.69, 9.17) is 16.3 Å². The van der Waals surface area contributed by atoms with E-state index in [9.17, 15) is 13.2 Å². The van der Waals surface area contributed by atoms with E-state index in [1.807, 2.05) is 38.1 Å². The van der Waals surface area contributed by atoms with Crippen LogP contribution in [0.4, 0.5) is 5.69 Å². The molecule has 0 saturated carbocycles. The van der Waals surface area contributed by atoms with Crippen molar-refractivity contribution in [1.29, 1.82) is 0 Å². The van der Waals surface area contributed by atoms with Crippen molar-refractivity contribution < 1.29 is 17.9 Å². The van der Waals surface area contributed by atoms with E-state index < -0.39 is 15.9 Å². The summed E-state index contributed by atoms with van der Waals surface area (Å²) in [6.07, 6.45) is 0. The van der Waals surface area contributed by atoms with Crippen LogP contribution in [0.25, 0.3) is 0 Å². The summed E-state index contributed by atoms with van der Waals surface area (Å²) in [6.45, 7) is 3.51. The second kappa shape index (κ2) is 10.2. The molecule has 32 heavy (non-hydrogen) atoms. The zero-order valence-corrected chi connectivity index (χ0v) is 19.7. The van der Waals surface area contributed by atoms with E-state index in [-0.39, 0.29) is 18.0 Å². The van der Waals surface area contributed by atoms with Gasteiger partial charge in [0.15, 0.2) is 0 Å². The predicted octanol–water partition coefficient (Wildman–Crippen LogP) is 4.80. The smallest absolute Gasteiger partial charge is 0.243 e. The molecule has 0 bridgehead atoms. The second-order valence-electron chi connectivity index (χ2n) is 7.46. The third-order valence-corrected chi connectivity index (χ3v) is 6.93. The first-order valence-electron chi connectivity index (χ1n) is 9.95. The van der Waals surface area contributed by atoms with Crippen molar-refractivity contribution in [1.82, 2.24) is 4.31 Å². The fourth-order valence-electron chi connectivity index (χ4n) is 3.11. The molecule has 0 unspecified atom stereocenters. The number of ether oxygens (including phenoxy) is 1. The topological polar surface area (TPSA) is 75.7 Å². The van der Waals surface area contributed by atoms with Crippen LogP contribution in [0.3, 0.4) is 0 Å². The number of hydrogen-bond donors (Lipinski definition) is 1. The Morgan fingerprint density at radius 3 is 2.16 bits per heavy atom. The lowest BCUT2D eigenvalue weighted by molar-refractivity contribution is -0.116. The average Bonchev–Trinajstić information content (AvgIpc) is 2.75. The standard InChI is InChI=1S/C24H25ClN2O4S/c1-17-4-8-19(9-5-17)15-27(32(29,30)21-11-6-18(2)7-12-21)16-24(28)26-22-14-20(25)10-13-23(22)31-3/h4-14H,15-16H2,1-3H3,(H,26,28). The number of aryl methyl sites for hydroxylation is 2. The Morgan fingerprint density at radius 2 is 1.56 bits per heavy atom. The third kappa shape index (κ3) is 5.88. The number of benzene rings is 3. The van der Waals surface area contributed by atoms with Crippen LogP contribution in [0.5, 0.6) is 5.75 Å². The minimum atomic E-state index is -3.92. The number of carbonyl (C=O) groups is 1. The van der Waals surface area contributed by atoms with Gasteiger partial charge in [-0.25, -0.2) is 8.42 Å².